The van der Waals surface area contributed by atoms with Crippen LogP contribution in [0.2, 0.25) is 5.02 Å². The first-order valence-corrected chi connectivity index (χ1v) is 8.58. The van der Waals surface area contributed by atoms with Gasteiger partial charge in [0.05, 0.1) is 5.69 Å². The minimum atomic E-state index is -1.65. The zero-order valence-corrected chi connectivity index (χ0v) is 13.7. The molecule has 3 N–H and O–H groups in total. The lowest BCUT2D eigenvalue weighted by atomic mass is 9.86. The molecule has 0 radical (unpaired) electrons. The van der Waals surface area contributed by atoms with E-state index in [4.69, 9.17) is 17.3 Å². The third kappa shape index (κ3) is 2.43. The second kappa shape index (κ2) is 5.23. The van der Waals surface area contributed by atoms with E-state index in [1.54, 1.807) is 36.0 Å². The summed E-state index contributed by atoms with van der Waals surface area (Å²) in [5.41, 5.74) is 5.86. The first kappa shape index (κ1) is 15.0. The Kier molecular flexibility index (Phi) is 3.41. The van der Waals surface area contributed by atoms with Crippen molar-refractivity contribution in [3.8, 4) is 0 Å². The molecule has 3 nitrogen and oxygen atoms in total. The van der Waals surface area contributed by atoms with Crippen molar-refractivity contribution in [1.82, 2.24) is 0 Å². The van der Waals surface area contributed by atoms with Crippen LogP contribution in [0.5, 0.6) is 0 Å². The molecule has 1 unspecified atom stereocenters. The predicted octanol–water partition coefficient (Wildman–Crippen LogP) is 3.97. The monoisotopic (exact) mass is 348 g/mol. The number of thioether (sulfide) groups is 1. The molecule has 6 heteroatoms. The third-order valence-corrected chi connectivity index (χ3v) is 5.76. The van der Waals surface area contributed by atoms with E-state index in [0.29, 0.717) is 27.1 Å². The number of hydrogen-bond donors (Lipinski definition) is 2. The molecule has 1 aliphatic heterocycles. The van der Waals surface area contributed by atoms with Gasteiger partial charge in [0.1, 0.15) is 11.7 Å². The summed E-state index contributed by atoms with van der Waals surface area (Å²) >= 11 is 7.71. The largest absolute Gasteiger partial charge is 0.384 e. The van der Waals surface area contributed by atoms with Crippen LogP contribution in [0.1, 0.15) is 24.0 Å². The Balaban J connectivity index is 1.91. The molecule has 1 aliphatic carbocycles. The molecule has 0 spiro atoms. The van der Waals surface area contributed by atoms with Gasteiger partial charge in [-0.25, -0.2) is 9.38 Å². The van der Waals surface area contributed by atoms with Crippen molar-refractivity contribution in [3.63, 3.8) is 0 Å². The quantitative estimate of drug-likeness (QED) is 0.882. The molecule has 1 saturated carbocycles. The summed E-state index contributed by atoms with van der Waals surface area (Å²) in [4.78, 5) is 5.06. The molecule has 2 aliphatic rings. The highest BCUT2D eigenvalue weighted by molar-refractivity contribution is 8.00. The highest BCUT2D eigenvalue weighted by atomic mass is 35.5. The van der Waals surface area contributed by atoms with Gasteiger partial charge >= 0.3 is 0 Å². The normalized spacial score (nSPS) is 22.8. The number of nitrogens with two attached hydrogens (primary N) is 1. The molecular formula is C17H14ClFN2OS. The second-order valence-corrected chi connectivity index (χ2v) is 7.61. The highest BCUT2D eigenvalue weighted by Gasteiger charge is 2.44. The predicted molar refractivity (Wildman–Crippen MR) is 91.0 cm³/mol. The Labute approximate surface area is 142 Å². The van der Waals surface area contributed by atoms with Gasteiger partial charge in [-0.3, -0.25) is 0 Å². The van der Waals surface area contributed by atoms with Crippen molar-refractivity contribution in [2.75, 3.05) is 0 Å². The summed E-state index contributed by atoms with van der Waals surface area (Å²) in [6.45, 7) is 0. The van der Waals surface area contributed by atoms with E-state index < -0.39 is 11.4 Å². The minimum Gasteiger partial charge on any atom is -0.384 e. The minimum absolute atomic E-state index is 0.0398. The summed E-state index contributed by atoms with van der Waals surface area (Å²) in [7, 11) is 0. The second-order valence-electron chi connectivity index (χ2n) is 5.83. The van der Waals surface area contributed by atoms with E-state index in [1.165, 1.54) is 12.1 Å². The molecule has 2 aromatic carbocycles. The number of hydrogen-bond acceptors (Lipinski definition) is 4. The molecule has 0 saturated heterocycles. The Hall–Kier alpha value is -1.56. The molecule has 118 valence electrons. The van der Waals surface area contributed by atoms with Crippen LogP contribution in [0.4, 0.5) is 10.1 Å². The molecule has 23 heavy (non-hydrogen) atoms. The third-order valence-electron chi connectivity index (χ3n) is 4.11. The van der Waals surface area contributed by atoms with Crippen LogP contribution in [0, 0.1) is 5.82 Å². The van der Waals surface area contributed by atoms with Crippen molar-refractivity contribution in [2.45, 2.75) is 28.6 Å². The Morgan fingerprint density at radius 3 is 2.74 bits per heavy atom. The fourth-order valence-corrected chi connectivity index (χ4v) is 4.16. The Morgan fingerprint density at radius 1 is 1.22 bits per heavy atom. The lowest BCUT2D eigenvalue weighted by Gasteiger charge is -2.27. The molecule has 4 rings (SSSR count). The van der Waals surface area contributed by atoms with E-state index in [1.807, 2.05) is 0 Å². The summed E-state index contributed by atoms with van der Waals surface area (Å²) in [5, 5.41) is 12.3. The maximum absolute atomic E-state index is 13.9. The maximum atomic E-state index is 13.9. The molecular weight excluding hydrogens is 335 g/mol. The molecule has 2 aromatic rings. The standard InChI is InChI=1S/C17H14ClFN2OS/c18-9-1-5-14-12(7-9)17(22,16(20)21-14)13-8-10(19)2-6-15(13)23-11-3-4-11/h1-2,5-8,11,22H,3-4H2,(H2,20,21). The fourth-order valence-electron chi connectivity index (χ4n) is 2.78. The molecule has 1 heterocycles. The number of amidine groups is 1. The van der Waals surface area contributed by atoms with Gasteiger partial charge in [-0.1, -0.05) is 11.6 Å². The van der Waals surface area contributed by atoms with Gasteiger partial charge in [0.25, 0.3) is 0 Å². The molecule has 0 amide bonds. The topological polar surface area (TPSA) is 58.6 Å². The van der Waals surface area contributed by atoms with Crippen LogP contribution < -0.4 is 5.73 Å². The van der Waals surface area contributed by atoms with Crippen molar-refractivity contribution in [1.29, 1.82) is 0 Å². The average Bonchev–Trinajstić information content (AvgIpc) is 3.29. The van der Waals surface area contributed by atoms with Crippen molar-refractivity contribution in [2.24, 2.45) is 10.7 Å². The van der Waals surface area contributed by atoms with Gasteiger partial charge in [-0.15, -0.1) is 11.8 Å². The van der Waals surface area contributed by atoms with Gasteiger partial charge in [-0.05, 0) is 49.2 Å². The first-order valence-electron chi connectivity index (χ1n) is 7.32. The van der Waals surface area contributed by atoms with E-state index in [0.717, 1.165) is 17.7 Å². The van der Waals surface area contributed by atoms with Crippen LogP contribution in [-0.2, 0) is 5.60 Å². The zero-order valence-electron chi connectivity index (χ0n) is 12.1. The SMILES string of the molecule is NC1=Nc2ccc(Cl)cc2C1(O)c1cc(F)ccc1SC1CC1. The van der Waals surface area contributed by atoms with Crippen molar-refractivity contribution >= 4 is 34.9 Å². The van der Waals surface area contributed by atoms with E-state index in [-0.39, 0.29) is 5.84 Å². The summed E-state index contributed by atoms with van der Waals surface area (Å²) < 4.78 is 13.9. The fraction of sp³-hybridized carbons (Fsp3) is 0.235. The summed E-state index contributed by atoms with van der Waals surface area (Å²) in [6, 6.07) is 9.46. The molecule has 0 aromatic heterocycles. The van der Waals surface area contributed by atoms with E-state index in [9.17, 15) is 9.50 Å². The van der Waals surface area contributed by atoms with Gasteiger partial charge in [-0.2, -0.15) is 0 Å². The van der Waals surface area contributed by atoms with Gasteiger partial charge in [0.2, 0.25) is 0 Å². The lowest BCUT2D eigenvalue weighted by Crippen LogP contribution is -2.40. The van der Waals surface area contributed by atoms with Crippen LogP contribution in [0.3, 0.4) is 0 Å². The van der Waals surface area contributed by atoms with E-state index in [2.05, 4.69) is 4.99 Å². The number of halogens is 2. The Bertz CT molecular complexity index is 837. The van der Waals surface area contributed by atoms with Crippen molar-refractivity contribution in [3.05, 3.63) is 58.4 Å². The first-order chi connectivity index (χ1) is 11.0. The van der Waals surface area contributed by atoms with Crippen LogP contribution in [0.15, 0.2) is 46.3 Å². The Morgan fingerprint density at radius 2 is 2.00 bits per heavy atom. The smallest absolute Gasteiger partial charge is 0.175 e. The molecule has 0 bridgehead atoms. The summed E-state index contributed by atoms with van der Waals surface area (Å²) in [6.07, 6.45) is 2.26. The molecule has 1 atom stereocenters. The van der Waals surface area contributed by atoms with Crippen LogP contribution in [-0.4, -0.2) is 16.2 Å². The number of rotatable bonds is 3. The van der Waals surface area contributed by atoms with Gasteiger partial charge < -0.3 is 10.8 Å². The summed E-state index contributed by atoms with van der Waals surface area (Å²) in [5.74, 6) is -0.380. The lowest BCUT2D eigenvalue weighted by molar-refractivity contribution is 0.155. The zero-order chi connectivity index (χ0) is 16.2. The highest BCUT2D eigenvalue weighted by Crippen LogP contribution is 2.48. The van der Waals surface area contributed by atoms with Gasteiger partial charge in [0.15, 0.2) is 5.60 Å². The van der Waals surface area contributed by atoms with E-state index >= 15 is 0 Å². The van der Waals surface area contributed by atoms with Gasteiger partial charge in [0, 0.05) is 26.3 Å². The number of benzene rings is 2. The average molecular weight is 349 g/mol. The number of aliphatic imine (C=N–C) groups is 1. The molecule has 1 fully saturated rings. The number of aliphatic hydroxyl groups is 1. The number of fused-ring (bicyclic) bond motifs is 1. The van der Waals surface area contributed by atoms with Crippen LogP contribution in [0.25, 0.3) is 0 Å². The van der Waals surface area contributed by atoms with Crippen LogP contribution >= 0.6 is 23.4 Å². The van der Waals surface area contributed by atoms with Crippen molar-refractivity contribution < 1.29 is 9.50 Å². The maximum Gasteiger partial charge on any atom is 0.175 e. The number of nitrogens with zero attached hydrogens (tertiary/aromatic N) is 1.